The van der Waals surface area contributed by atoms with Gasteiger partial charge in [-0.15, -0.1) is 11.3 Å². The molecule has 7 nitrogen and oxygen atoms in total. The molecule has 4 rings (SSSR count). The van der Waals surface area contributed by atoms with E-state index in [4.69, 9.17) is 24.9 Å². The van der Waals surface area contributed by atoms with Crippen LogP contribution in [0.25, 0.3) is 10.2 Å². The van der Waals surface area contributed by atoms with Crippen LogP contribution in [0.1, 0.15) is 40.3 Å². The van der Waals surface area contributed by atoms with E-state index in [1.165, 1.54) is 38.2 Å². The molecule has 3 heterocycles. The van der Waals surface area contributed by atoms with E-state index in [-0.39, 0.29) is 5.78 Å². The average molecular weight is 442 g/mol. The van der Waals surface area contributed by atoms with E-state index in [9.17, 15) is 4.79 Å². The van der Waals surface area contributed by atoms with Crippen LogP contribution in [-0.2, 0) is 13.0 Å². The summed E-state index contributed by atoms with van der Waals surface area (Å²) in [5.74, 6) is 1.09. The van der Waals surface area contributed by atoms with Gasteiger partial charge in [0.2, 0.25) is 11.5 Å². The minimum atomic E-state index is -0.193. The van der Waals surface area contributed by atoms with E-state index in [1.54, 1.807) is 12.1 Å². The van der Waals surface area contributed by atoms with Crippen molar-refractivity contribution < 1.29 is 19.0 Å². The maximum atomic E-state index is 13.4. The molecule has 0 amide bonds. The van der Waals surface area contributed by atoms with Gasteiger partial charge in [0, 0.05) is 42.2 Å². The van der Waals surface area contributed by atoms with Crippen LogP contribution < -0.4 is 19.9 Å². The number of carbonyl (C=O) groups is 1. The second-order valence-electron chi connectivity index (χ2n) is 7.85. The van der Waals surface area contributed by atoms with Crippen molar-refractivity contribution >= 4 is 33.0 Å². The zero-order valence-electron chi connectivity index (χ0n) is 18.4. The molecule has 0 saturated carbocycles. The van der Waals surface area contributed by atoms with Crippen molar-refractivity contribution in [3.05, 3.63) is 39.9 Å². The van der Waals surface area contributed by atoms with Crippen LogP contribution in [0.5, 0.6) is 17.2 Å². The van der Waals surface area contributed by atoms with Gasteiger partial charge in [0.05, 0.1) is 27.0 Å². The van der Waals surface area contributed by atoms with Gasteiger partial charge in [-0.3, -0.25) is 9.69 Å². The van der Waals surface area contributed by atoms with Gasteiger partial charge >= 0.3 is 0 Å². The van der Waals surface area contributed by atoms with E-state index in [2.05, 4.69) is 24.8 Å². The van der Waals surface area contributed by atoms with Crippen LogP contribution in [0.2, 0.25) is 0 Å². The van der Waals surface area contributed by atoms with Crippen LogP contribution in [0.4, 0.5) is 5.69 Å². The number of anilines is 1. The van der Waals surface area contributed by atoms with Crippen LogP contribution >= 0.6 is 11.3 Å². The molecule has 0 aliphatic carbocycles. The molecule has 0 saturated heterocycles. The summed E-state index contributed by atoms with van der Waals surface area (Å²) in [6.45, 7) is 6.23. The molecule has 0 bridgehead atoms. The lowest BCUT2D eigenvalue weighted by Crippen LogP contribution is -2.36. The third-order valence-electron chi connectivity index (χ3n) is 5.76. The Kier molecular flexibility index (Phi) is 5.77. The summed E-state index contributed by atoms with van der Waals surface area (Å²) in [6, 6.07) is 5.86. The van der Waals surface area contributed by atoms with Gasteiger partial charge in [0.25, 0.3) is 0 Å². The molecular formula is C23H27N3O4S. The largest absolute Gasteiger partial charge is 0.493 e. The van der Waals surface area contributed by atoms with E-state index >= 15 is 0 Å². The molecule has 1 aromatic carbocycles. The van der Waals surface area contributed by atoms with Gasteiger partial charge in [0.15, 0.2) is 11.5 Å². The van der Waals surface area contributed by atoms with Gasteiger partial charge in [0.1, 0.15) is 9.71 Å². The van der Waals surface area contributed by atoms with E-state index in [1.807, 2.05) is 0 Å². The van der Waals surface area contributed by atoms with Gasteiger partial charge in [-0.1, -0.05) is 0 Å². The molecule has 0 fully saturated rings. The number of aromatic nitrogens is 1. The molecule has 0 radical (unpaired) electrons. The number of hydrogen-bond donors (Lipinski definition) is 1. The van der Waals surface area contributed by atoms with Crippen molar-refractivity contribution in [2.75, 3.05) is 33.6 Å². The lowest BCUT2D eigenvalue weighted by molar-refractivity contribution is 0.104. The number of thiophene rings is 1. The summed E-state index contributed by atoms with van der Waals surface area (Å²) >= 11 is 1.33. The number of benzene rings is 1. The second-order valence-corrected chi connectivity index (χ2v) is 8.85. The Bertz CT molecular complexity index is 1130. The van der Waals surface area contributed by atoms with E-state index in [0.29, 0.717) is 39.4 Å². The number of nitrogen functional groups attached to an aromatic ring is 1. The average Bonchev–Trinajstić information content (AvgIpc) is 3.10. The topological polar surface area (TPSA) is 86.9 Å². The smallest absolute Gasteiger partial charge is 0.205 e. The maximum absolute atomic E-state index is 13.4. The molecular weight excluding hydrogens is 414 g/mol. The number of rotatable bonds is 6. The monoisotopic (exact) mass is 441 g/mol. The van der Waals surface area contributed by atoms with E-state index in [0.717, 1.165) is 35.4 Å². The van der Waals surface area contributed by atoms with Gasteiger partial charge in [-0.2, -0.15) is 0 Å². The van der Waals surface area contributed by atoms with Crippen molar-refractivity contribution in [1.82, 2.24) is 9.88 Å². The predicted octanol–water partition coefficient (Wildman–Crippen LogP) is 3.90. The summed E-state index contributed by atoms with van der Waals surface area (Å²) in [7, 11) is 4.57. The zero-order valence-corrected chi connectivity index (χ0v) is 19.3. The third-order valence-corrected chi connectivity index (χ3v) is 6.88. The molecule has 2 aromatic heterocycles. The Labute approximate surface area is 185 Å². The van der Waals surface area contributed by atoms with Crippen LogP contribution in [0.15, 0.2) is 18.2 Å². The Morgan fingerprint density at radius 2 is 1.81 bits per heavy atom. The number of ketones is 1. The maximum Gasteiger partial charge on any atom is 0.205 e. The van der Waals surface area contributed by atoms with Crippen molar-refractivity contribution in [2.45, 2.75) is 32.9 Å². The fourth-order valence-corrected chi connectivity index (χ4v) is 5.03. The Balaban J connectivity index is 1.77. The number of nitrogens with zero attached hydrogens (tertiary/aromatic N) is 2. The third kappa shape index (κ3) is 3.70. The molecule has 164 valence electrons. The summed E-state index contributed by atoms with van der Waals surface area (Å²) in [4.78, 5) is 21.9. The molecule has 0 atom stereocenters. The first-order valence-electron chi connectivity index (χ1n) is 10.2. The van der Waals surface area contributed by atoms with Crippen molar-refractivity contribution in [1.29, 1.82) is 0 Å². The zero-order chi connectivity index (χ0) is 22.3. The standard InChI is InChI=1S/C23H27N3O4S/c1-12(2)26-7-6-16-14(11-26)8-15-19(24)22(31-23(15)25-16)20(27)13-9-17(28-3)21(30-5)18(10-13)29-4/h8-10,12H,6-7,11,24H2,1-5H3. The normalized spacial score (nSPS) is 14.0. The number of carbonyl (C=O) groups excluding carboxylic acids is 1. The predicted molar refractivity (Wildman–Crippen MR) is 123 cm³/mol. The number of pyridine rings is 1. The number of methoxy groups -OCH3 is 3. The summed E-state index contributed by atoms with van der Waals surface area (Å²) < 4.78 is 16.1. The molecule has 0 unspecified atom stereocenters. The lowest BCUT2D eigenvalue weighted by atomic mass is 10.0. The molecule has 0 spiro atoms. The highest BCUT2D eigenvalue weighted by Crippen LogP contribution is 2.41. The highest BCUT2D eigenvalue weighted by Gasteiger charge is 2.25. The first-order chi connectivity index (χ1) is 14.9. The highest BCUT2D eigenvalue weighted by atomic mass is 32.1. The second kappa shape index (κ2) is 8.36. The number of fused-ring (bicyclic) bond motifs is 2. The van der Waals surface area contributed by atoms with E-state index < -0.39 is 0 Å². The Morgan fingerprint density at radius 3 is 2.39 bits per heavy atom. The van der Waals surface area contributed by atoms with Crippen molar-refractivity contribution in [3.8, 4) is 17.2 Å². The summed E-state index contributed by atoms with van der Waals surface area (Å²) in [6.07, 6.45) is 0.900. The molecule has 31 heavy (non-hydrogen) atoms. The molecule has 1 aliphatic heterocycles. The van der Waals surface area contributed by atoms with Crippen LogP contribution in [0.3, 0.4) is 0 Å². The molecule has 1 aliphatic rings. The van der Waals surface area contributed by atoms with Gasteiger partial charge in [-0.25, -0.2) is 4.98 Å². The van der Waals surface area contributed by atoms with Crippen LogP contribution in [-0.4, -0.2) is 49.6 Å². The fraction of sp³-hybridized carbons (Fsp3) is 0.391. The summed E-state index contributed by atoms with van der Waals surface area (Å²) in [5.41, 5.74) is 9.62. The molecule has 2 N–H and O–H groups in total. The first kappa shape index (κ1) is 21.4. The van der Waals surface area contributed by atoms with Crippen molar-refractivity contribution in [2.24, 2.45) is 0 Å². The van der Waals surface area contributed by atoms with Gasteiger partial charge < -0.3 is 19.9 Å². The Morgan fingerprint density at radius 1 is 1.13 bits per heavy atom. The highest BCUT2D eigenvalue weighted by molar-refractivity contribution is 7.21. The van der Waals surface area contributed by atoms with Crippen LogP contribution in [0, 0.1) is 0 Å². The number of ether oxygens (including phenoxy) is 3. The quantitative estimate of drug-likeness (QED) is 0.581. The minimum Gasteiger partial charge on any atom is -0.493 e. The molecule has 3 aromatic rings. The number of hydrogen-bond acceptors (Lipinski definition) is 8. The summed E-state index contributed by atoms with van der Waals surface area (Å²) in [5, 5.41) is 0.838. The Hall–Kier alpha value is -2.84. The lowest BCUT2D eigenvalue weighted by Gasteiger charge is -2.31. The SMILES string of the molecule is COc1cc(C(=O)c2sc3nc4c(cc3c2N)CN(C(C)C)CC4)cc(OC)c1OC. The van der Waals surface area contributed by atoms with Gasteiger partial charge in [-0.05, 0) is 37.6 Å². The first-order valence-corrected chi connectivity index (χ1v) is 11.0. The fourth-order valence-electron chi connectivity index (χ4n) is 3.97. The molecule has 8 heteroatoms. The number of nitrogens with two attached hydrogens (primary N) is 1. The van der Waals surface area contributed by atoms with Crippen molar-refractivity contribution in [3.63, 3.8) is 0 Å². The minimum absolute atomic E-state index is 0.193.